The lowest BCUT2D eigenvalue weighted by molar-refractivity contribution is -0.113. The van der Waals surface area contributed by atoms with Gasteiger partial charge in [-0.2, -0.15) is 0 Å². The first-order chi connectivity index (χ1) is 13.7. The van der Waals surface area contributed by atoms with E-state index in [-0.39, 0.29) is 5.91 Å². The Morgan fingerprint density at radius 1 is 0.929 bits per heavy atom. The van der Waals surface area contributed by atoms with Crippen LogP contribution in [0, 0.1) is 0 Å². The van der Waals surface area contributed by atoms with Crippen molar-refractivity contribution in [2.24, 2.45) is 0 Å². The lowest BCUT2D eigenvalue weighted by atomic mass is 9.96. The number of anilines is 1. The molecule has 1 amide bonds. The quantitative estimate of drug-likeness (QED) is 0.243. The molecule has 1 aromatic heterocycles. The van der Waals surface area contributed by atoms with Crippen LogP contribution in [0.4, 0.5) is 5.69 Å². The monoisotopic (exact) mass is 398 g/mol. The molecule has 1 aliphatic heterocycles. The van der Waals surface area contributed by atoms with E-state index in [9.17, 15) is 4.79 Å². The molecule has 1 saturated heterocycles. The van der Waals surface area contributed by atoms with E-state index >= 15 is 0 Å². The Bertz CT molecular complexity index is 1230. The van der Waals surface area contributed by atoms with E-state index < -0.39 is 0 Å². The van der Waals surface area contributed by atoms with Gasteiger partial charge in [-0.1, -0.05) is 72.5 Å². The number of thiocarbonyl (C=S) groups is 1. The Labute approximate surface area is 171 Å². The molecule has 5 rings (SSSR count). The van der Waals surface area contributed by atoms with Crippen molar-refractivity contribution >= 4 is 67.5 Å². The van der Waals surface area contributed by atoms with Gasteiger partial charge in [-0.25, -0.2) is 0 Å². The number of aromatic nitrogens is 1. The highest BCUT2D eigenvalue weighted by Gasteiger charge is 2.33. The highest BCUT2D eigenvalue weighted by Crippen LogP contribution is 2.38. The largest absolute Gasteiger partial charge is 0.270 e. The molecule has 4 aromatic rings. The van der Waals surface area contributed by atoms with Gasteiger partial charge in [0, 0.05) is 6.20 Å². The minimum absolute atomic E-state index is 0.111. The first-order valence-corrected chi connectivity index (χ1v) is 10.0. The highest BCUT2D eigenvalue weighted by molar-refractivity contribution is 8.27. The molecule has 0 atom stereocenters. The Morgan fingerprint density at radius 2 is 1.61 bits per heavy atom. The van der Waals surface area contributed by atoms with Crippen molar-refractivity contribution in [3.05, 3.63) is 89.6 Å². The molecule has 0 N–H and O–H groups in total. The van der Waals surface area contributed by atoms with Crippen LogP contribution in [0.5, 0.6) is 0 Å². The third kappa shape index (κ3) is 2.80. The normalized spacial score (nSPS) is 15.9. The summed E-state index contributed by atoms with van der Waals surface area (Å²) in [4.78, 5) is 19.4. The molecule has 3 nitrogen and oxygen atoms in total. The molecule has 0 aliphatic carbocycles. The van der Waals surface area contributed by atoms with E-state index in [0.29, 0.717) is 14.9 Å². The van der Waals surface area contributed by atoms with Crippen LogP contribution in [-0.4, -0.2) is 15.2 Å². The second-order valence-corrected chi connectivity index (χ2v) is 8.14. The molecule has 0 radical (unpaired) electrons. The van der Waals surface area contributed by atoms with Crippen LogP contribution in [0.3, 0.4) is 0 Å². The first kappa shape index (κ1) is 17.1. The van der Waals surface area contributed by atoms with Crippen molar-refractivity contribution in [1.82, 2.24) is 4.98 Å². The SMILES string of the molecule is O=C1/C(=C/c2c3ccccc3cc3ccccc23)SC(=S)N1c1cccnc1. The first-order valence-electron chi connectivity index (χ1n) is 8.81. The van der Waals surface area contributed by atoms with Crippen LogP contribution in [0.15, 0.2) is 84.0 Å². The molecular formula is C23H14N2OS2. The number of benzene rings is 3. The summed E-state index contributed by atoms with van der Waals surface area (Å²) in [7, 11) is 0. The molecule has 134 valence electrons. The number of thioether (sulfide) groups is 1. The van der Waals surface area contributed by atoms with Crippen LogP contribution in [0.25, 0.3) is 27.6 Å². The number of carbonyl (C=O) groups excluding carboxylic acids is 1. The fourth-order valence-electron chi connectivity index (χ4n) is 3.51. The zero-order chi connectivity index (χ0) is 19.1. The Hall–Kier alpha value is -3.02. The molecule has 5 heteroatoms. The lowest BCUT2D eigenvalue weighted by Crippen LogP contribution is -2.27. The Morgan fingerprint density at radius 3 is 2.25 bits per heavy atom. The van der Waals surface area contributed by atoms with E-state index in [1.165, 1.54) is 11.8 Å². The van der Waals surface area contributed by atoms with Crippen molar-refractivity contribution in [2.75, 3.05) is 4.90 Å². The van der Waals surface area contributed by atoms with Crippen molar-refractivity contribution < 1.29 is 4.79 Å². The topological polar surface area (TPSA) is 33.2 Å². The maximum Gasteiger partial charge on any atom is 0.270 e. The number of rotatable bonds is 2. The van der Waals surface area contributed by atoms with Crippen LogP contribution < -0.4 is 4.90 Å². The number of hydrogen-bond acceptors (Lipinski definition) is 4. The van der Waals surface area contributed by atoms with Crippen LogP contribution in [0.1, 0.15) is 5.56 Å². The van der Waals surface area contributed by atoms with Gasteiger partial charge >= 0.3 is 0 Å². The summed E-state index contributed by atoms with van der Waals surface area (Å²) in [5, 5.41) is 4.53. The van der Waals surface area contributed by atoms with Gasteiger partial charge in [0.15, 0.2) is 4.32 Å². The standard InChI is InChI=1S/C23H14N2OS2/c26-22-21(28-23(27)25(22)17-8-5-11-24-14-17)13-20-18-9-3-1-6-15(18)12-16-7-2-4-10-19(16)20/h1-14H/b21-13-. The average Bonchev–Trinajstić information content (AvgIpc) is 3.01. The van der Waals surface area contributed by atoms with Gasteiger partial charge in [-0.15, -0.1) is 0 Å². The number of nitrogens with zero attached hydrogens (tertiary/aromatic N) is 2. The number of carbonyl (C=O) groups is 1. The van der Waals surface area contributed by atoms with Gasteiger partial charge in [0.05, 0.1) is 16.8 Å². The zero-order valence-corrected chi connectivity index (χ0v) is 16.3. The molecule has 1 fully saturated rings. The third-order valence-corrected chi connectivity index (χ3v) is 6.09. The predicted octanol–water partition coefficient (Wildman–Crippen LogP) is 5.79. The minimum atomic E-state index is -0.111. The number of fused-ring (bicyclic) bond motifs is 2. The second kappa shape index (κ2) is 6.86. The van der Waals surface area contributed by atoms with E-state index in [0.717, 1.165) is 27.1 Å². The van der Waals surface area contributed by atoms with Gasteiger partial charge in [0.1, 0.15) is 0 Å². The predicted molar refractivity (Wildman–Crippen MR) is 121 cm³/mol. The van der Waals surface area contributed by atoms with Crippen LogP contribution in [-0.2, 0) is 4.79 Å². The molecule has 3 aromatic carbocycles. The summed E-state index contributed by atoms with van der Waals surface area (Å²) >= 11 is 6.81. The molecule has 2 heterocycles. The van der Waals surface area contributed by atoms with Crippen molar-refractivity contribution in [2.45, 2.75) is 0 Å². The number of pyridine rings is 1. The van der Waals surface area contributed by atoms with Crippen molar-refractivity contribution in [1.29, 1.82) is 0 Å². The van der Waals surface area contributed by atoms with Gasteiger partial charge in [-0.05, 0) is 51.4 Å². The summed E-state index contributed by atoms with van der Waals surface area (Å²) < 4.78 is 0.522. The van der Waals surface area contributed by atoms with E-state index in [1.807, 2.05) is 36.4 Å². The fraction of sp³-hybridized carbons (Fsp3) is 0. The molecule has 0 unspecified atom stereocenters. The van der Waals surface area contributed by atoms with Gasteiger partial charge in [0.2, 0.25) is 0 Å². The minimum Gasteiger partial charge on any atom is -0.268 e. The highest BCUT2D eigenvalue weighted by atomic mass is 32.2. The molecule has 0 saturated carbocycles. The van der Waals surface area contributed by atoms with Gasteiger partial charge in [-0.3, -0.25) is 14.7 Å². The maximum atomic E-state index is 13.1. The summed E-state index contributed by atoms with van der Waals surface area (Å²) in [5.41, 5.74) is 1.73. The molecule has 28 heavy (non-hydrogen) atoms. The average molecular weight is 399 g/mol. The van der Waals surface area contributed by atoms with Crippen LogP contribution >= 0.6 is 24.0 Å². The Kier molecular flexibility index (Phi) is 4.19. The maximum absolute atomic E-state index is 13.1. The van der Waals surface area contributed by atoms with E-state index in [4.69, 9.17) is 12.2 Å². The third-order valence-electron chi connectivity index (χ3n) is 4.79. The summed E-state index contributed by atoms with van der Waals surface area (Å²) in [6.07, 6.45) is 5.31. The van der Waals surface area contributed by atoms with Crippen LogP contribution in [0.2, 0.25) is 0 Å². The zero-order valence-electron chi connectivity index (χ0n) is 14.7. The Balaban J connectivity index is 1.70. The lowest BCUT2D eigenvalue weighted by Gasteiger charge is -2.13. The molecule has 0 bridgehead atoms. The molecule has 1 aliphatic rings. The van der Waals surface area contributed by atoms with Gasteiger partial charge < -0.3 is 0 Å². The van der Waals surface area contributed by atoms with E-state index in [1.54, 1.807) is 23.4 Å². The second-order valence-electron chi connectivity index (χ2n) is 6.46. The molecule has 0 spiro atoms. The molecular weight excluding hydrogens is 384 g/mol. The number of amides is 1. The summed E-state index contributed by atoms with van der Waals surface area (Å²) in [6.45, 7) is 0. The van der Waals surface area contributed by atoms with Gasteiger partial charge in [0.25, 0.3) is 5.91 Å². The fourth-order valence-corrected chi connectivity index (χ4v) is 4.79. The summed E-state index contributed by atoms with van der Waals surface area (Å²) in [6, 6.07) is 22.3. The van der Waals surface area contributed by atoms with Crippen molar-refractivity contribution in [3.63, 3.8) is 0 Å². The smallest absolute Gasteiger partial charge is 0.268 e. The van der Waals surface area contributed by atoms with Crippen molar-refractivity contribution in [3.8, 4) is 0 Å². The van der Waals surface area contributed by atoms with E-state index in [2.05, 4.69) is 35.3 Å². The summed E-state index contributed by atoms with van der Waals surface area (Å²) in [5.74, 6) is -0.111. The number of hydrogen-bond donors (Lipinski definition) is 0.